The maximum Gasteiger partial charge on any atom is 0.311 e. The highest BCUT2D eigenvalue weighted by Gasteiger charge is 2.23. The van der Waals surface area contributed by atoms with Gasteiger partial charge in [0.05, 0.1) is 17.3 Å². The molecule has 0 heterocycles. The largest absolute Gasteiger partial charge is 0.464 e. The lowest BCUT2D eigenvalue weighted by molar-refractivity contribution is -0.153. The molecule has 0 aliphatic rings. The van der Waals surface area contributed by atoms with E-state index >= 15 is 0 Å². The molecule has 7 nitrogen and oxygen atoms in total. The first-order valence-corrected chi connectivity index (χ1v) is 9.18. The van der Waals surface area contributed by atoms with Crippen LogP contribution in [0.3, 0.4) is 0 Å². The molecule has 0 unspecified atom stereocenters. The van der Waals surface area contributed by atoms with Crippen LogP contribution in [0.5, 0.6) is 0 Å². The van der Waals surface area contributed by atoms with Gasteiger partial charge in [-0.1, -0.05) is 27.7 Å². The number of nitrogens with zero attached hydrogens (tertiary/aromatic N) is 1. The zero-order chi connectivity index (χ0) is 20.3. The Labute approximate surface area is 157 Å². The molecule has 0 atom stereocenters. The molecular weight excluding hydrogens is 338 g/mol. The Morgan fingerprint density at radius 3 is 1.38 bits per heavy atom. The second-order valence-electron chi connectivity index (χ2n) is 7.87. The van der Waals surface area contributed by atoms with E-state index < -0.39 is 5.41 Å². The van der Waals surface area contributed by atoms with Crippen LogP contribution >= 0.6 is 0 Å². The van der Waals surface area contributed by atoms with E-state index in [9.17, 15) is 14.4 Å². The van der Waals surface area contributed by atoms with Crippen LogP contribution in [0.2, 0.25) is 0 Å². The number of carbonyl (C=O) groups is 3. The van der Waals surface area contributed by atoms with Crippen molar-refractivity contribution in [3.63, 3.8) is 0 Å². The first-order chi connectivity index (χ1) is 11.9. The molecule has 0 N–H and O–H groups in total. The second kappa shape index (κ2) is 11.9. The molecule has 0 aliphatic carbocycles. The van der Waals surface area contributed by atoms with Crippen molar-refractivity contribution in [3.8, 4) is 0 Å². The van der Waals surface area contributed by atoms with Crippen molar-refractivity contribution in [2.75, 3.05) is 39.5 Å². The van der Waals surface area contributed by atoms with Crippen molar-refractivity contribution in [2.45, 2.75) is 48.5 Å². The molecule has 0 saturated carbocycles. The third-order valence-corrected chi connectivity index (χ3v) is 3.50. The maximum atomic E-state index is 11.8. The van der Waals surface area contributed by atoms with Crippen LogP contribution in [0.25, 0.3) is 0 Å². The molecule has 26 heavy (non-hydrogen) atoms. The molecular formula is C19H35NO6. The second-order valence-corrected chi connectivity index (χ2v) is 7.87. The summed E-state index contributed by atoms with van der Waals surface area (Å²) in [5.41, 5.74) is -0.551. The van der Waals surface area contributed by atoms with E-state index in [1.807, 2.05) is 4.90 Å². The molecule has 0 radical (unpaired) electrons. The summed E-state index contributed by atoms with van der Waals surface area (Å²) in [4.78, 5) is 36.8. The number of rotatable bonds is 11. The van der Waals surface area contributed by atoms with Crippen molar-refractivity contribution in [1.82, 2.24) is 4.90 Å². The van der Waals surface area contributed by atoms with Crippen molar-refractivity contribution < 1.29 is 28.6 Å². The van der Waals surface area contributed by atoms with Gasteiger partial charge in [0.25, 0.3) is 0 Å². The summed E-state index contributed by atoms with van der Waals surface area (Å²) in [5.74, 6) is -1.13. The quantitative estimate of drug-likeness (QED) is 0.406. The Morgan fingerprint density at radius 1 is 0.731 bits per heavy atom. The monoisotopic (exact) mass is 373 g/mol. The first-order valence-electron chi connectivity index (χ1n) is 9.18. The third-order valence-electron chi connectivity index (χ3n) is 3.50. The van der Waals surface area contributed by atoms with E-state index in [4.69, 9.17) is 14.2 Å². The fourth-order valence-electron chi connectivity index (χ4n) is 1.70. The lowest BCUT2D eigenvalue weighted by Crippen LogP contribution is -2.36. The number of ether oxygens (including phenoxy) is 3. The summed E-state index contributed by atoms with van der Waals surface area (Å²) in [5, 5.41) is 0. The van der Waals surface area contributed by atoms with Gasteiger partial charge in [0, 0.05) is 19.6 Å². The van der Waals surface area contributed by atoms with Crippen LogP contribution in [0.15, 0.2) is 0 Å². The third kappa shape index (κ3) is 11.1. The lowest BCUT2D eigenvalue weighted by atomic mass is 9.97. The summed E-state index contributed by atoms with van der Waals surface area (Å²) in [6, 6.07) is 0. The van der Waals surface area contributed by atoms with Gasteiger partial charge in [-0.25, -0.2) is 0 Å². The van der Waals surface area contributed by atoms with Crippen molar-refractivity contribution in [3.05, 3.63) is 0 Å². The van der Waals surface area contributed by atoms with E-state index in [0.717, 1.165) is 0 Å². The van der Waals surface area contributed by atoms with Gasteiger partial charge in [-0.15, -0.1) is 0 Å². The SMILES string of the molecule is CC(C)C(=O)OCCN(CCOC(=O)C(C)C)CCOC(=O)C(C)(C)C. The van der Waals surface area contributed by atoms with Crippen molar-refractivity contribution in [2.24, 2.45) is 17.3 Å². The van der Waals surface area contributed by atoms with Crippen LogP contribution in [-0.4, -0.2) is 62.3 Å². The van der Waals surface area contributed by atoms with E-state index in [1.54, 1.807) is 48.5 Å². The number of hydrogen-bond acceptors (Lipinski definition) is 7. The van der Waals surface area contributed by atoms with Gasteiger partial charge in [-0.05, 0) is 20.8 Å². The minimum absolute atomic E-state index is 0.178. The number of carbonyl (C=O) groups excluding carboxylic acids is 3. The molecule has 0 aromatic carbocycles. The summed E-state index contributed by atoms with van der Waals surface area (Å²) >= 11 is 0. The van der Waals surface area contributed by atoms with Crippen LogP contribution in [0.4, 0.5) is 0 Å². The van der Waals surface area contributed by atoms with Crippen LogP contribution in [0, 0.1) is 17.3 Å². The minimum Gasteiger partial charge on any atom is -0.464 e. The highest BCUT2D eigenvalue weighted by Crippen LogP contribution is 2.14. The number of hydrogen-bond donors (Lipinski definition) is 0. The zero-order valence-electron chi connectivity index (χ0n) is 17.3. The van der Waals surface area contributed by atoms with Crippen LogP contribution in [0.1, 0.15) is 48.5 Å². The summed E-state index contributed by atoms with van der Waals surface area (Å²) in [7, 11) is 0. The molecule has 152 valence electrons. The molecule has 0 fully saturated rings. The summed E-state index contributed by atoms with van der Waals surface area (Å²) < 4.78 is 15.6. The summed E-state index contributed by atoms with van der Waals surface area (Å²) in [6.07, 6.45) is 0. The van der Waals surface area contributed by atoms with Gasteiger partial charge in [-0.3, -0.25) is 19.3 Å². The lowest BCUT2D eigenvalue weighted by Gasteiger charge is -2.23. The zero-order valence-corrected chi connectivity index (χ0v) is 17.3. The molecule has 0 saturated heterocycles. The highest BCUT2D eigenvalue weighted by atomic mass is 16.5. The minimum atomic E-state index is -0.551. The highest BCUT2D eigenvalue weighted by molar-refractivity contribution is 5.75. The van der Waals surface area contributed by atoms with Crippen molar-refractivity contribution >= 4 is 17.9 Å². The van der Waals surface area contributed by atoms with Crippen LogP contribution in [-0.2, 0) is 28.6 Å². The van der Waals surface area contributed by atoms with Gasteiger partial charge < -0.3 is 14.2 Å². The van der Waals surface area contributed by atoms with Gasteiger partial charge in [-0.2, -0.15) is 0 Å². The first kappa shape index (κ1) is 24.4. The standard InChI is InChI=1S/C19H35NO6/c1-14(2)16(21)24-11-8-20(9-12-25-17(22)15(3)4)10-13-26-18(23)19(5,6)7/h14-15H,8-13H2,1-7H3. The fraction of sp³-hybridized carbons (Fsp3) is 0.842. The van der Waals surface area contributed by atoms with Gasteiger partial charge in [0.2, 0.25) is 0 Å². The predicted molar refractivity (Wildman–Crippen MR) is 98.4 cm³/mol. The fourth-order valence-corrected chi connectivity index (χ4v) is 1.70. The van der Waals surface area contributed by atoms with Gasteiger partial charge in [0.1, 0.15) is 19.8 Å². The molecule has 0 rings (SSSR count). The maximum absolute atomic E-state index is 11.8. The average Bonchev–Trinajstić information content (AvgIpc) is 2.52. The van der Waals surface area contributed by atoms with Crippen LogP contribution < -0.4 is 0 Å². The van der Waals surface area contributed by atoms with E-state index in [1.165, 1.54) is 0 Å². The molecule has 7 heteroatoms. The van der Waals surface area contributed by atoms with Gasteiger partial charge in [0.15, 0.2) is 0 Å². The Morgan fingerprint density at radius 2 is 1.08 bits per heavy atom. The van der Waals surface area contributed by atoms with E-state index in [-0.39, 0.29) is 49.6 Å². The Balaban J connectivity index is 4.41. The Kier molecular flexibility index (Phi) is 11.1. The summed E-state index contributed by atoms with van der Waals surface area (Å²) in [6.45, 7) is 14.6. The molecule has 0 aliphatic heterocycles. The predicted octanol–water partition coefficient (Wildman–Crippen LogP) is 2.28. The van der Waals surface area contributed by atoms with Crippen molar-refractivity contribution in [1.29, 1.82) is 0 Å². The van der Waals surface area contributed by atoms with Gasteiger partial charge >= 0.3 is 17.9 Å². The molecule has 0 spiro atoms. The average molecular weight is 373 g/mol. The molecule has 0 amide bonds. The molecule has 0 bridgehead atoms. The normalized spacial score (nSPS) is 11.8. The molecule has 0 aromatic heterocycles. The Hall–Kier alpha value is -1.63. The topological polar surface area (TPSA) is 82.1 Å². The Bertz CT molecular complexity index is 427. The molecule has 0 aromatic rings. The smallest absolute Gasteiger partial charge is 0.311 e. The number of esters is 3. The van der Waals surface area contributed by atoms with E-state index in [0.29, 0.717) is 19.6 Å². The van der Waals surface area contributed by atoms with E-state index in [2.05, 4.69) is 0 Å².